The third-order valence-electron chi connectivity index (χ3n) is 4.37. The molecular weight excluding hydrogens is 326 g/mol. The maximum absolute atomic E-state index is 13.3. The lowest BCUT2D eigenvalue weighted by Crippen LogP contribution is -2.45. The number of benzene rings is 1. The van der Waals surface area contributed by atoms with Gasteiger partial charge in [-0.3, -0.25) is 4.90 Å². The summed E-state index contributed by atoms with van der Waals surface area (Å²) in [6, 6.07) is 7.69. The Morgan fingerprint density at radius 3 is 2.62 bits per heavy atom. The van der Waals surface area contributed by atoms with Crippen molar-refractivity contribution >= 4 is 5.97 Å². The van der Waals surface area contributed by atoms with Crippen molar-refractivity contribution in [1.29, 1.82) is 0 Å². The number of ether oxygens (including phenoxy) is 1. The Morgan fingerprint density at radius 1 is 1.27 bits per heavy atom. The average molecular weight is 372 g/mol. The summed E-state index contributed by atoms with van der Waals surface area (Å²) in [5, 5.41) is 11.6. The Hall–Kier alpha value is -1.83. The van der Waals surface area contributed by atoms with E-state index in [4.69, 9.17) is 23.9 Å². The molecule has 0 aromatic heterocycles. The highest BCUT2D eigenvalue weighted by atomic mass is 16.5. The van der Waals surface area contributed by atoms with Gasteiger partial charge < -0.3 is 9.84 Å². The zero-order chi connectivity index (χ0) is 31.0. The fraction of sp³-hybridized carbons (Fsp3) is 0.591. The molecule has 142 valence electrons. The van der Waals surface area contributed by atoms with Gasteiger partial charge in [-0.05, 0) is 31.4 Å². The van der Waals surface area contributed by atoms with E-state index in [1.165, 1.54) is 18.1 Å². The highest BCUT2D eigenvalue weighted by molar-refractivity contribution is 5.81. The molecule has 1 saturated carbocycles. The van der Waals surface area contributed by atoms with Crippen LogP contribution in [0.25, 0.3) is 0 Å². The number of rotatable bonds is 7. The smallest absolute Gasteiger partial charge is 0.344 e. The van der Waals surface area contributed by atoms with Crippen LogP contribution in [-0.2, 0) is 15.1 Å². The Morgan fingerprint density at radius 2 is 1.96 bits per heavy atom. The van der Waals surface area contributed by atoms with Gasteiger partial charge in [0.15, 0.2) is 12.2 Å². The van der Waals surface area contributed by atoms with E-state index in [1.807, 2.05) is 0 Å². The van der Waals surface area contributed by atoms with Crippen molar-refractivity contribution in [2.45, 2.75) is 51.4 Å². The van der Waals surface area contributed by atoms with E-state index in [2.05, 4.69) is 0 Å². The van der Waals surface area contributed by atoms with E-state index in [0.717, 1.165) is 6.42 Å². The fourth-order valence-electron chi connectivity index (χ4n) is 3.08. The monoisotopic (exact) mass is 371 g/mol. The number of hydrogen-bond acceptors (Lipinski definition) is 4. The second-order valence-corrected chi connectivity index (χ2v) is 5.88. The molecule has 1 unspecified atom stereocenters. The number of hydrogen-bond donors (Lipinski definition) is 1. The Balaban J connectivity index is 2.52. The molecule has 1 aliphatic rings. The zero-order valence-electron chi connectivity index (χ0n) is 28.2. The molecule has 1 aromatic carbocycles. The van der Waals surface area contributed by atoms with Gasteiger partial charge in [-0.15, -0.1) is 0 Å². The van der Waals surface area contributed by atoms with Crippen molar-refractivity contribution < 1.29 is 33.8 Å². The van der Waals surface area contributed by atoms with Crippen molar-refractivity contribution in [1.82, 2.24) is 4.90 Å². The van der Waals surface area contributed by atoms with Crippen molar-refractivity contribution in [2.24, 2.45) is 5.92 Å². The molecule has 1 fully saturated rings. The first-order valence-corrected chi connectivity index (χ1v) is 8.27. The van der Waals surface area contributed by atoms with Crippen LogP contribution >= 0.6 is 0 Å². The molecule has 4 heteroatoms. The van der Waals surface area contributed by atoms with E-state index in [0.29, 0.717) is 25.7 Å². The molecule has 0 bridgehead atoms. The third-order valence-corrected chi connectivity index (χ3v) is 4.37. The van der Waals surface area contributed by atoms with Gasteiger partial charge in [0.25, 0.3) is 0 Å². The van der Waals surface area contributed by atoms with Crippen molar-refractivity contribution in [3.63, 3.8) is 0 Å². The Kier molecular flexibility index (Phi) is 3.37. The topological polar surface area (TPSA) is 49.8 Å². The summed E-state index contributed by atoms with van der Waals surface area (Å²) in [7, 11) is 0. The van der Waals surface area contributed by atoms with E-state index in [1.54, 1.807) is 24.1 Å². The molecule has 0 aliphatic heterocycles. The summed E-state index contributed by atoms with van der Waals surface area (Å²) in [5.74, 6) is 1.05. The molecular formula is C22H31NO3. The Bertz CT molecular complexity index is 1080. The molecule has 1 atom stereocenters. The first-order chi connectivity index (χ1) is 17.9. The van der Waals surface area contributed by atoms with Crippen LogP contribution in [-0.4, -0.2) is 42.0 Å². The minimum Gasteiger partial charge on any atom is -0.450 e. The first kappa shape index (κ1) is 8.46. The second kappa shape index (κ2) is 10.4. The molecule has 1 aromatic rings. The number of carbonyl (C=O) groups excluding carboxylic acids is 1. The van der Waals surface area contributed by atoms with E-state index in [-0.39, 0.29) is 5.56 Å². The molecule has 0 amide bonds. The summed E-state index contributed by atoms with van der Waals surface area (Å²) in [6.45, 7) is -22.5. The van der Waals surface area contributed by atoms with E-state index < -0.39 is 62.1 Å². The van der Waals surface area contributed by atoms with Crippen LogP contribution in [0.1, 0.15) is 70.6 Å². The lowest BCUT2D eigenvalue weighted by Gasteiger charge is -2.36. The van der Waals surface area contributed by atoms with Crippen LogP contribution in [0.3, 0.4) is 0 Å². The van der Waals surface area contributed by atoms with Gasteiger partial charge in [0.1, 0.15) is 0 Å². The molecule has 0 spiro atoms. The molecule has 26 heavy (non-hydrogen) atoms. The predicted molar refractivity (Wildman–Crippen MR) is 103 cm³/mol. The summed E-state index contributed by atoms with van der Waals surface area (Å²) in [6.07, 6.45) is 3.14. The summed E-state index contributed by atoms with van der Waals surface area (Å²) in [4.78, 5) is 12.5. The van der Waals surface area contributed by atoms with Gasteiger partial charge >= 0.3 is 5.97 Å². The molecule has 0 heterocycles. The normalized spacial score (nSPS) is 28.4. The highest BCUT2D eigenvalue weighted by Gasteiger charge is 2.46. The molecule has 1 N–H and O–H groups in total. The van der Waals surface area contributed by atoms with Crippen molar-refractivity contribution in [3.05, 3.63) is 35.9 Å². The quantitative estimate of drug-likeness (QED) is 0.590. The molecule has 0 radical (unpaired) electrons. The van der Waals surface area contributed by atoms with Crippen LogP contribution < -0.4 is 0 Å². The molecule has 4 nitrogen and oxygen atoms in total. The van der Waals surface area contributed by atoms with Crippen molar-refractivity contribution in [2.75, 3.05) is 26.0 Å². The maximum atomic E-state index is 13.3. The average Bonchev–Trinajstić information content (AvgIpc) is 2.81. The minimum atomic E-state index is -3.94. The van der Waals surface area contributed by atoms with Crippen LogP contribution in [0.15, 0.2) is 30.3 Å². The Labute approximate surface area is 177 Å². The number of nitrogens with zero attached hydrogens (tertiary/aromatic N) is 1. The van der Waals surface area contributed by atoms with Crippen LogP contribution in [0.4, 0.5) is 0 Å². The second-order valence-electron chi connectivity index (χ2n) is 5.88. The zero-order valence-corrected chi connectivity index (χ0v) is 14.2. The maximum Gasteiger partial charge on any atom is 0.344 e. The van der Waals surface area contributed by atoms with Gasteiger partial charge in [-0.1, -0.05) is 75.1 Å². The first-order valence-electron chi connectivity index (χ1n) is 15.3. The SMILES string of the molecule is [2H]C([2H])(C#CC([2H])([2H])N(C([2H])([2H])C([2H])([2H])[2H])C([2H])([2H])C([2H])([2H])[2H])OC(=O)C(O)(c1ccccc1)C1CCCCC1. The molecule has 1 aliphatic carbocycles. The number of esters is 1. The largest absolute Gasteiger partial charge is 0.450 e. The lowest BCUT2D eigenvalue weighted by atomic mass is 9.73. The van der Waals surface area contributed by atoms with E-state index in [9.17, 15) is 9.90 Å². The summed E-state index contributed by atoms with van der Waals surface area (Å²) in [5.41, 5.74) is -2.16. The molecule has 2 rings (SSSR count). The summed E-state index contributed by atoms with van der Waals surface area (Å²) >= 11 is 0. The molecule has 0 saturated heterocycles. The lowest BCUT2D eigenvalue weighted by molar-refractivity contribution is -0.174. The number of aliphatic hydroxyl groups is 1. The standard InChI is InChI=1S/C22H31NO3/c1-3-23(4-2)17-11-12-18-26-21(24)22(25,19-13-7-5-8-14-19)20-15-9-6-10-16-20/h5,7-8,13-14,20,25H,3-4,6,9-10,15-18H2,1-2H3/i1D3,2D3,3D2,4D2,17D2,18D2. The van der Waals surface area contributed by atoms with Crippen LogP contribution in [0, 0.1) is 17.8 Å². The van der Waals surface area contributed by atoms with Crippen molar-refractivity contribution in [3.8, 4) is 11.8 Å². The van der Waals surface area contributed by atoms with Gasteiger partial charge in [0.05, 0.1) is 12.0 Å². The van der Waals surface area contributed by atoms with Gasteiger partial charge in [0.2, 0.25) is 0 Å². The van der Waals surface area contributed by atoms with Crippen LogP contribution in [0.2, 0.25) is 0 Å². The van der Waals surface area contributed by atoms with Gasteiger partial charge in [-0.25, -0.2) is 4.79 Å². The van der Waals surface area contributed by atoms with Gasteiger partial charge in [-0.2, -0.15) is 0 Å². The number of carbonyl (C=O) groups is 1. The highest BCUT2D eigenvalue weighted by Crippen LogP contribution is 2.40. The fourth-order valence-corrected chi connectivity index (χ4v) is 3.08. The minimum absolute atomic E-state index is 0.133. The van der Waals surface area contributed by atoms with Crippen LogP contribution in [0.5, 0.6) is 0 Å². The third kappa shape index (κ3) is 5.09. The summed E-state index contributed by atoms with van der Waals surface area (Å²) < 4.78 is 113. The van der Waals surface area contributed by atoms with E-state index >= 15 is 0 Å². The predicted octanol–water partition coefficient (Wildman–Crippen LogP) is 3.34. The van der Waals surface area contributed by atoms with Gasteiger partial charge in [0, 0.05) is 19.6 Å².